The average molecular weight is 538 g/mol. The number of imidazole rings is 1. The summed E-state index contributed by atoms with van der Waals surface area (Å²) >= 11 is 0. The molecule has 3 N–H and O–H groups in total. The first kappa shape index (κ1) is 29.1. The molecular weight excluding hydrogens is 502 g/mol. The fourth-order valence-corrected chi connectivity index (χ4v) is 3.91. The van der Waals surface area contributed by atoms with E-state index in [9.17, 15) is 19.2 Å². The number of rotatable bonds is 11. The largest absolute Gasteiger partial charge is 0.453 e. The van der Waals surface area contributed by atoms with E-state index in [0.29, 0.717) is 18.2 Å². The van der Waals surface area contributed by atoms with Gasteiger partial charge in [0.05, 0.1) is 30.9 Å². The summed E-state index contributed by atoms with van der Waals surface area (Å²) in [6, 6.07) is 2.14. The average Bonchev–Trinajstić information content (AvgIpc) is 3.31. The number of carbonyl (C=O) groups is 3. The maximum absolute atomic E-state index is 13.2. The monoisotopic (exact) mass is 537 g/mol. The molecule has 0 fully saturated rings. The van der Waals surface area contributed by atoms with Crippen molar-refractivity contribution < 1.29 is 19.1 Å². The molecule has 3 aromatic rings. The number of nitrogens with one attached hydrogen (secondary N) is 3. The number of aromatic nitrogens is 4. The number of pyridine rings is 2. The number of hydrogen-bond donors (Lipinski definition) is 3. The van der Waals surface area contributed by atoms with Gasteiger partial charge in [-0.1, -0.05) is 19.9 Å². The molecule has 0 radical (unpaired) electrons. The Labute approximate surface area is 226 Å². The molecule has 0 spiro atoms. The van der Waals surface area contributed by atoms with Crippen molar-refractivity contribution in [3.05, 3.63) is 64.6 Å². The molecule has 3 amide bonds. The number of methoxy groups -OCH3 is 1. The van der Waals surface area contributed by atoms with E-state index in [2.05, 4.69) is 39.2 Å². The van der Waals surface area contributed by atoms with Crippen LogP contribution in [0.5, 0.6) is 0 Å². The van der Waals surface area contributed by atoms with Gasteiger partial charge in [0.2, 0.25) is 11.8 Å². The van der Waals surface area contributed by atoms with Gasteiger partial charge >= 0.3 is 6.09 Å². The lowest BCUT2D eigenvalue weighted by atomic mass is 10.0. The molecule has 12 nitrogen and oxygen atoms in total. The smallest absolute Gasteiger partial charge is 0.407 e. The second-order valence-electron chi connectivity index (χ2n) is 9.72. The van der Waals surface area contributed by atoms with Crippen LogP contribution in [0, 0.1) is 5.92 Å². The molecule has 208 valence electrons. The third-order valence-corrected chi connectivity index (χ3v) is 5.86. The van der Waals surface area contributed by atoms with E-state index >= 15 is 0 Å². The Morgan fingerprint density at radius 2 is 2.00 bits per heavy atom. The Bertz CT molecular complexity index is 1410. The Hall–Kier alpha value is -4.48. The van der Waals surface area contributed by atoms with Crippen LogP contribution in [0.3, 0.4) is 0 Å². The highest BCUT2D eigenvalue weighted by Crippen LogP contribution is 2.18. The normalized spacial score (nSPS) is 12.1. The predicted molar refractivity (Wildman–Crippen MR) is 147 cm³/mol. The van der Waals surface area contributed by atoms with Crippen LogP contribution in [0.15, 0.2) is 47.7 Å². The minimum atomic E-state index is -0.994. The maximum atomic E-state index is 13.2. The molecule has 0 aliphatic carbocycles. The van der Waals surface area contributed by atoms with E-state index in [4.69, 9.17) is 4.98 Å². The van der Waals surface area contributed by atoms with Crippen LogP contribution in [0.2, 0.25) is 0 Å². The summed E-state index contributed by atoms with van der Waals surface area (Å²) in [5, 5.41) is 5.08. The molecule has 0 aliphatic heterocycles. The molecule has 0 bridgehead atoms. The van der Waals surface area contributed by atoms with Gasteiger partial charge in [0.25, 0.3) is 5.56 Å². The standard InChI is InChI=1S/C27H35N7O5/c1-17(2)13-18-14-28-15-21-24(18)32-22(29-21)16-34-12-8-10-20(26(34)37)30-25(36)19(31-27(38)39-5)9-6-7-11-23(35)33(3)4/h7-8,10-12,14-15,17,19H,6,9,13,16H2,1-5H3,(H,29,32)(H,30,36)(H,31,38)/b11-7+. The number of aromatic amines is 1. The van der Waals surface area contributed by atoms with Crippen molar-refractivity contribution in [3.63, 3.8) is 0 Å². The molecule has 0 saturated heterocycles. The van der Waals surface area contributed by atoms with Gasteiger partial charge in [0.15, 0.2) is 0 Å². The van der Waals surface area contributed by atoms with Crippen LogP contribution in [0.25, 0.3) is 11.0 Å². The van der Waals surface area contributed by atoms with E-state index in [1.54, 1.807) is 38.6 Å². The minimum Gasteiger partial charge on any atom is -0.453 e. The van der Waals surface area contributed by atoms with Gasteiger partial charge in [-0.3, -0.25) is 19.4 Å². The van der Waals surface area contributed by atoms with Crippen molar-refractivity contribution >= 4 is 34.6 Å². The van der Waals surface area contributed by atoms with Gasteiger partial charge in [0, 0.05) is 26.5 Å². The minimum absolute atomic E-state index is 0.0516. The third-order valence-electron chi connectivity index (χ3n) is 5.86. The Balaban J connectivity index is 1.75. The quantitative estimate of drug-likeness (QED) is 0.318. The number of amides is 3. The molecule has 1 unspecified atom stereocenters. The molecule has 3 rings (SSSR count). The van der Waals surface area contributed by atoms with Crippen LogP contribution >= 0.6 is 0 Å². The van der Waals surface area contributed by atoms with Crippen molar-refractivity contribution in [3.8, 4) is 0 Å². The molecular formula is C27H35N7O5. The van der Waals surface area contributed by atoms with Crippen molar-refractivity contribution in [2.45, 2.75) is 45.7 Å². The SMILES string of the molecule is COC(=O)NC(CC/C=C/C(=O)N(C)C)C(=O)Nc1cccn(Cc2nc3c(CC(C)C)cncc3[nH]2)c1=O. The summed E-state index contributed by atoms with van der Waals surface area (Å²) in [5.74, 6) is 0.238. The number of H-pyrrole nitrogens is 1. The van der Waals surface area contributed by atoms with E-state index < -0.39 is 23.6 Å². The highest BCUT2D eigenvalue weighted by molar-refractivity contribution is 5.96. The van der Waals surface area contributed by atoms with Crippen LogP contribution in [-0.4, -0.2) is 69.6 Å². The summed E-state index contributed by atoms with van der Waals surface area (Å²) in [7, 11) is 4.45. The zero-order valence-corrected chi connectivity index (χ0v) is 22.9. The van der Waals surface area contributed by atoms with Crippen molar-refractivity contribution in [1.82, 2.24) is 29.7 Å². The summed E-state index contributed by atoms with van der Waals surface area (Å²) in [4.78, 5) is 63.3. The van der Waals surface area contributed by atoms with Crippen LogP contribution in [0.4, 0.5) is 10.5 Å². The number of hydrogen-bond acceptors (Lipinski definition) is 7. The Morgan fingerprint density at radius 3 is 2.69 bits per heavy atom. The maximum Gasteiger partial charge on any atom is 0.407 e. The van der Waals surface area contributed by atoms with E-state index in [1.807, 2.05) is 6.20 Å². The Morgan fingerprint density at radius 1 is 1.23 bits per heavy atom. The summed E-state index contributed by atoms with van der Waals surface area (Å²) in [6.07, 6.45) is 8.69. The van der Waals surface area contributed by atoms with Crippen molar-refractivity contribution in [1.29, 1.82) is 0 Å². The van der Waals surface area contributed by atoms with E-state index in [-0.39, 0.29) is 24.6 Å². The van der Waals surface area contributed by atoms with Crippen LogP contribution in [-0.2, 0) is 27.3 Å². The van der Waals surface area contributed by atoms with Crippen LogP contribution in [0.1, 0.15) is 38.1 Å². The van der Waals surface area contributed by atoms with Gasteiger partial charge in [-0.05, 0) is 49.0 Å². The van der Waals surface area contributed by atoms with Gasteiger partial charge in [0.1, 0.15) is 17.6 Å². The molecule has 1 atom stereocenters. The zero-order chi connectivity index (χ0) is 28.5. The number of likely N-dealkylation sites (N-methyl/N-ethyl adjacent to an activating group) is 1. The molecule has 0 aromatic carbocycles. The number of ether oxygens (including phenoxy) is 1. The lowest BCUT2D eigenvalue weighted by Gasteiger charge is -2.17. The third kappa shape index (κ3) is 8.00. The first-order chi connectivity index (χ1) is 18.6. The molecule has 12 heteroatoms. The number of anilines is 1. The fourth-order valence-electron chi connectivity index (χ4n) is 3.91. The molecule has 0 aliphatic rings. The first-order valence-corrected chi connectivity index (χ1v) is 12.6. The highest BCUT2D eigenvalue weighted by Gasteiger charge is 2.22. The molecule has 3 heterocycles. The van der Waals surface area contributed by atoms with Crippen molar-refractivity contribution in [2.24, 2.45) is 5.92 Å². The number of fused-ring (bicyclic) bond motifs is 1. The summed E-state index contributed by atoms with van der Waals surface area (Å²) in [6.45, 7) is 4.41. The highest BCUT2D eigenvalue weighted by atomic mass is 16.5. The zero-order valence-electron chi connectivity index (χ0n) is 22.9. The van der Waals surface area contributed by atoms with E-state index in [0.717, 1.165) is 23.0 Å². The number of carbonyl (C=O) groups excluding carboxylic acids is 3. The summed E-state index contributed by atoms with van der Waals surface area (Å²) in [5.41, 5.74) is 2.27. The molecule has 39 heavy (non-hydrogen) atoms. The number of nitrogens with zero attached hydrogens (tertiary/aromatic N) is 4. The number of allylic oxidation sites excluding steroid dienone is 1. The second-order valence-corrected chi connectivity index (χ2v) is 9.72. The lowest BCUT2D eigenvalue weighted by molar-refractivity contribution is -0.123. The van der Waals surface area contributed by atoms with Crippen molar-refractivity contribution in [2.75, 3.05) is 26.5 Å². The lowest BCUT2D eigenvalue weighted by Crippen LogP contribution is -2.44. The topological polar surface area (TPSA) is 151 Å². The second kappa shape index (κ2) is 13.4. The van der Waals surface area contributed by atoms with Gasteiger partial charge in [-0.25, -0.2) is 9.78 Å². The first-order valence-electron chi connectivity index (χ1n) is 12.6. The van der Waals surface area contributed by atoms with Gasteiger partial charge in [-0.2, -0.15) is 0 Å². The van der Waals surface area contributed by atoms with Gasteiger partial charge < -0.3 is 29.8 Å². The van der Waals surface area contributed by atoms with E-state index in [1.165, 1.54) is 28.7 Å². The predicted octanol–water partition coefficient (Wildman–Crippen LogP) is 2.45. The number of alkyl carbamates (subject to hydrolysis) is 1. The fraction of sp³-hybridized carbons (Fsp3) is 0.407. The molecule has 3 aromatic heterocycles. The Kier molecular flexibility index (Phi) is 9.96. The van der Waals surface area contributed by atoms with Crippen LogP contribution < -0.4 is 16.2 Å². The van der Waals surface area contributed by atoms with Gasteiger partial charge in [-0.15, -0.1) is 0 Å². The summed E-state index contributed by atoms with van der Waals surface area (Å²) < 4.78 is 6.06. The molecule has 0 saturated carbocycles.